The molecule has 5 nitrogen and oxygen atoms in total. The molecule has 2 fully saturated rings. The van der Waals surface area contributed by atoms with Gasteiger partial charge in [-0.05, 0) is 55.3 Å². The van der Waals surface area contributed by atoms with Crippen molar-refractivity contribution in [2.45, 2.75) is 96.7 Å². The molecule has 3 aliphatic rings. The normalized spacial score (nSPS) is 32.1. The second-order valence-electron chi connectivity index (χ2n) is 12.0. The molecule has 1 spiro atoms. The van der Waals surface area contributed by atoms with Crippen LogP contribution in [0, 0.1) is 17.8 Å². The highest BCUT2D eigenvalue weighted by Crippen LogP contribution is 2.55. The van der Waals surface area contributed by atoms with Crippen LogP contribution in [0.1, 0.15) is 65.9 Å². The van der Waals surface area contributed by atoms with Crippen LogP contribution in [0.2, 0.25) is 18.1 Å². The highest BCUT2D eigenvalue weighted by molar-refractivity contribution is 6.74. The summed E-state index contributed by atoms with van der Waals surface area (Å²) in [4.78, 5) is 27.0. The largest absolute Gasteiger partial charge is 0.482 e. The molecule has 5 atom stereocenters. The number of ether oxygens (including phenoxy) is 2. The molecule has 0 N–H and O–H groups in total. The van der Waals surface area contributed by atoms with E-state index in [1.807, 2.05) is 37.3 Å². The lowest BCUT2D eigenvalue weighted by atomic mass is 9.57. The molecule has 4 rings (SSSR count). The highest BCUT2D eigenvalue weighted by atomic mass is 28.4. The third-order valence-electron chi connectivity index (χ3n) is 8.71. The lowest BCUT2D eigenvalue weighted by Crippen LogP contribution is -2.65. The van der Waals surface area contributed by atoms with Gasteiger partial charge >= 0.3 is 0 Å². The van der Waals surface area contributed by atoms with Gasteiger partial charge in [-0.15, -0.1) is 0 Å². The van der Waals surface area contributed by atoms with Crippen LogP contribution in [0.25, 0.3) is 0 Å². The summed E-state index contributed by atoms with van der Waals surface area (Å²) < 4.78 is 19.6. The maximum Gasteiger partial charge on any atom is 0.247 e. The minimum absolute atomic E-state index is 0.00250. The summed E-state index contributed by atoms with van der Waals surface area (Å²) in [5.41, 5.74) is -0.188. The number of Topliss-reactive ketones (excluding diaryl/α,β-unsaturated/α-hetero) is 2. The van der Waals surface area contributed by atoms with Crippen LogP contribution in [0.4, 0.5) is 0 Å². The third kappa shape index (κ3) is 4.28. The fourth-order valence-corrected chi connectivity index (χ4v) is 7.21. The highest BCUT2D eigenvalue weighted by Gasteiger charge is 2.66. The van der Waals surface area contributed by atoms with Crippen molar-refractivity contribution in [1.29, 1.82) is 0 Å². The van der Waals surface area contributed by atoms with Crippen LogP contribution in [-0.2, 0) is 30.1 Å². The molecular weight excluding hydrogens is 444 g/mol. The summed E-state index contributed by atoms with van der Waals surface area (Å²) in [6.45, 7) is 15.3. The van der Waals surface area contributed by atoms with Gasteiger partial charge in [-0.3, -0.25) is 9.59 Å². The Morgan fingerprint density at radius 2 is 1.76 bits per heavy atom. The van der Waals surface area contributed by atoms with Gasteiger partial charge in [-0.25, -0.2) is 0 Å². The number of rotatable bonds is 5. The van der Waals surface area contributed by atoms with Crippen molar-refractivity contribution in [2.24, 2.45) is 17.8 Å². The van der Waals surface area contributed by atoms with Gasteiger partial charge in [-0.2, -0.15) is 0 Å². The van der Waals surface area contributed by atoms with Gasteiger partial charge in [0.05, 0.1) is 6.10 Å². The Labute approximate surface area is 205 Å². The molecule has 0 amide bonds. The summed E-state index contributed by atoms with van der Waals surface area (Å²) in [7, 11) is -2.20. The first-order valence-corrected chi connectivity index (χ1v) is 15.6. The first-order valence-electron chi connectivity index (χ1n) is 12.7. The van der Waals surface area contributed by atoms with Crippen molar-refractivity contribution in [3.05, 3.63) is 47.4 Å². The Kier molecular flexibility index (Phi) is 6.62. The molecule has 186 valence electrons. The van der Waals surface area contributed by atoms with Crippen molar-refractivity contribution in [1.82, 2.24) is 0 Å². The van der Waals surface area contributed by atoms with E-state index >= 15 is 0 Å². The van der Waals surface area contributed by atoms with Gasteiger partial charge in [0.2, 0.25) is 17.1 Å². The molecule has 0 radical (unpaired) electrons. The minimum Gasteiger partial charge on any atom is -0.482 e. The van der Waals surface area contributed by atoms with Crippen molar-refractivity contribution in [2.75, 3.05) is 0 Å². The number of hydrogen-bond donors (Lipinski definition) is 0. The number of carbonyl (C=O) groups excluding carboxylic acids is 2. The van der Waals surface area contributed by atoms with Crippen LogP contribution in [-0.4, -0.2) is 31.6 Å². The quantitative estimate of drug-likeness (QED) is 0.467. The van der Waals surface area contributed by atoms with Gasteiger partial charge in [0.15, 0.2) is 8.32 Å². The van der Waals surface area contributed by atoms with Gasteiger partial charge in [0.1, 0.15) is 18.1 Å². The van der Waals surface area contributed by atoms with E-state index in [9.17, 15) is 9.59 Å². The summed E-state index contributed by atoms with van der Waals surface area (Å²) in [5, 5.41) is -0.00250. The lowest BCUT2D eigenvalue weighted by Gasteiger charge is -2.54. The molecule has 1 aromatic carbocycles. The van der Waals surface area contributed by atoms with E-state index in [0.29, 0.717) is 31.0 Å². The Morgan fingerprint density at radius 3 is 2.41 bits per heavy atom. The van der Waals surface area contributed by atoms with Crippen molar-refractivity contribution in [3.8, 4) is 0 Å². The van der Waals surface area contributed by atoms with Gasteiger partial charge in [-0.1, -0.05) is 58.0 Å². The zero-order valence-electron chi connectivity index (χ0n) is 21.8. The average molecular weight is 485 g/mol. The summed E-state index contributed by atoms with van der Waals surface area (Å²) >= 11 is 0. The van der Waals surface area contributed by atoms with Crippen LogP contribution in [0.15, 0.2) is 41.9 Å². The van der Waals surface area contributed by atoms with Crippen molar-refractivity contribution < 1.29 is 23.5 Å². The monoisotopic (exact) mass is 484 g/mol. The molecule has 34 heavy (non-hydrogen) atoms. The number of ketones is 2. The zero-order valence-corrected chi connectivity index (χ0v) is 22.8. The maximum absolute atomic E-state index is 14.2. The maximum atomic E-state index is 14.2. The number of allylic oxidation sites excluding steroid dienone is 1. The Morgan fingerprint density at radius 1 is 1.09 bits per heavy atom. The molecule has 2 unspecified atom stereocenters. The van der Waals surface area contributed by atoms with E-state index < -0.39 is 13.9 Å². The van der Waals surface area contributed by atoms with Crippen molar-refractivity contribution in [3.63, 3.8) is 0 Å². The summed E-state index contributed by atoms with van der Waals surface area (Å²) in [6.07, 6.45) is 2.29. The zero-order chi connectivity index (χ0) is 24.9. The molecule has 0 bridgehead atoms. The van der Waals surface area contributed by atoms with Crippen LogP contribution in [0.5, 0.6) is 0 Å². The van der Waals surface area contributed by atoms with Crippen LogP contribution >= 0.6 is 0 Å². The third-order valence-corrected chi connectivity index (χ3v) is 13.2. The second kappa shape index (κ2) is 8.94. The fourth-order valence-electron chi connectivity index (χ4n) is 5.85. The molecule has 0 aromatic heterocycles. The summed E-state index contributed by atoms with van der Waals surface area (Å²) in [6, 6.07) is 9.83. The first kappa shape index (κ1) is 25.2. The predicted octanol–water partition coefficient (Wildman–Crippen LogP) is 6.19. The Bertz CT molecular complexity index is 976. The lowest BCUT2D eigenvalue weighted by molar-refractivity contribution is -0.179. The molecule has 1 heterocycles. The van der Waals surface area contributed by atoms with E-state index in [4.69, 9.17) is 13.9 Å². The number of fused-ring (bicyclic) bond motifs is 2. The van der Waals surface area contributed by atoms with Gasteiger partial charge in [0.25, 0.3) is 0 Å². The van der Waals surface area contributed by atoms with Gasteiger partial charge < -0.3 is 13.9 Å². The predicted molar refractivity (Wildman–Crippen MR) is 134 cm³/mol. The number of benzene rings is 1. The smallest absolute Gasteiger partial charge is 0.247 e. The second-order valence-corrected chi connectivity index (χ2v) is 16.8. The number of hydrogen-bond acceptors (Lipinski definition) is 5. The molecule has 6 heteroatoms. The van der Waals surface area contributed by atoms with E-state index in [-0.39, 0.29) is 40.5 Å². The topological polar surface area (TPSA) is 61.8 Å². The van der Waals surface area contributed by atoms with E-state index in [2.05, 4.69) is 40.8 Å². The molecule has 1 aromatic rings. The molecule has 1 aliphatic heterocycles. The number of carbonyl (C=O) groups is 2. The summed E-state index contributed by atoms with van der Waals surface area (Å²) in [5.74, 6) is 1.20. The van der Waals surface area contributed by atoms with E-state index in [1.165, 1.54) is 0 Å². The fraction of sp³-hybridized carbons (Fsp3) is 0.643. The standard InChI is InChI=1S/C28H40O5Si/c1-18-15-21(29)16-23-22(18)13-14-24(33-34(6,7)27(3,4)5)28(23)26(30)25(19(2)32-28)31-17-20-11-9-8-10-12-20/h8-12,18,22-24H,13-17H2,1-7H3/t18-,22+,23-,24?,28?/m0/s1. The first-order chi connectivity index (χ1) is 15.9. The van der Waals surface area contributed by atoms with E-state index in [0.717, 1.165) is 18.4 Å². The molecule has 0 saturated heterocycles. The molecule has 2 aliphatic carbocycles. The molecular formula is C28H40O5Si. The minimum atomic E-state index is -2.20. The van der Waals surface area contributed by atoms with Crippen LogP contribution in [0.3, 0.4) is 0 Å². The Balaban J connectivity index is 1.69. The SMILES string of the molecule is CC1=C(OCc2ccccc2)C(=O)C2(O1)C(O[Si](C)(C)C(C)(C)C)CC[C@@H]1[C@@H](C)CC(=O)C[C@@H]12. The Hall–Kier alpha value is -1.92. The van der Waals surface area contributed by atoms with E-state index in [1.54, 1.807) is 0 Å². The van der Waals surface area contributed by atoms with Gasteiger partial charge in [0, 0.05) is 18.8 Å². The van der Waals surface area contributed by atoms with Crippen LogP contribution < -0.4 is 0 Å². The van der Waals surface area contributed by atoms with Crippen molar-refractivity contribution >= 4 is 19.9 Å². The average Bonchev–Trinajstić information content (AvgIpc) is 2.99. The molecule has 2 saturated carbocycles.